The highest BCUT2D eigenvalue weighted by molar-refractivity contribution is 5.37. The molecule has 1 aromatic heterocycles. The fourth-order valence-corrected chi connectivity index (χ4v) is 1.38. The Balaban J connectivity index is 2.08. The lowest BCUT2D eigenvalue weighted by Crippen LogP contribution is -2.43. The van der Waals surface area contributed by atoms with Gasteiger partial charge in [-0.3, -0.25) is 0 Å². The van der Waals surface area contributed by atoms with E-state index < -0.39 is 0 Å². The van der Waals surface area contributed by atoms with Crippen molar-refractivity contribution < 1.29 is 0 Å². The summed E-state index contributed by atoms with van der Waals surface area (Å²) in [5.41, 5.74) is 0. The lowest BCUT2D eigenvalue weighted by molar-refractivity contribution is 0.585. The van der Waals surface area contributed by atoms with Crippen molar-refractivity contribution in [3.8, 4) is 0 Å². The van der Waals surface area contributed by atoms with E-state index in [1.165, 1.54) is 0 Å². The zero-order valence-corrected chi connectivity index (χ0v) is 6.95. The van der Waals surface area contributed by atoms with E-state index in [1.54, 1.807) is 6.20 Å². The summed E-state index contributed by atoms with van der Waals surface area (Å²) in [4.78, 5) is 6.54. The molecule has 1 aromatic rings. The van der Waals surface area contributed by atoms with Crippen LogP contribution in [0.15, 0.2) is 18.3 Å². The standard InChI is InChI=1S/C9H12N3/c1-2-4-11-9(3-1)12-7-5-10-6-8-12/h2-4,10H,5-8H2. The molecule has 1 radical (unpaired) electrons. The Hall–Kier alpha value is -1.09. The Kier molecular flexibility index (Phi) is 2.23. The fourth-order valence-electron chi connectivity index (χ4n) is 1.38. The maximum absolute atomic E-state index is 4.27. The normalized spacial score (nSPS) is 17.8. The van der Waals surface area contributed by atoms with Crippen molar-refractivity contribution in [3.05, 3.63) is 24.4 Å². The summed E-state index contributed by atoms with van der Waals surface area (Å²) >= 11 is 0. The molecule has 0 spiro atoms. The first-order valence-corrected chi connectivity index (χ1v) is 4.24. The van der Waals surface area contributed by atoms with Crippen LogP contribution in [0.25, 0.3) is 0 Å². The van der Waals surface area contributed by atoms with Crippen LogP contribution in [0.4, 0.5) is 5.82 Å². The maximum atomic E-state index is 4.27. The first-order chi connectivity index (χ1) is 5.97. The van der Waals surface area contributed by atoms with Crippen molar-refractivity contribution >= 4 is 5.82 Å². The summed E-state index contributed by atoms with van der Waals surface area (Å²) < 4.78 is 0. The first-order valence-electron chi connectivity index (χ1n) is 4.24. The molecule has 0 saturated carbocycles. The molecule has 0 aliphatic carbocycles. The molecule has 1 N–H and O–H groups in total. The number of nitrogens with zero attached hydrogens (tertiary/aromatic N) is 2. The van der Waals surface area contributed by atoms with Crippen molar-refractivity contribution in [1.29, 1.82) is 0 Å². The second kappa shape index (κ2) is 3.54. The van der Waals surface area contributed by atoms with Gasteiger partial charge in [-0.25, -0.2) is 4.98 Å². The topological polar surface area (TPSA) is 28.2 Å². The molecule has 1 fully saturated rings. The van der Waals surface area contributed by atoms with Crippen LogP contribution in [0.5, 0.6) is 0 Å². The summed E-state index contributed by atoms with van der Waals surface area (Å²) in [5, 5.41) is 3.30. The van der Waals surface area contributed by atoms with Gasteiger partial charge in [0.2, 0.25) is 0 Å². The van der Waals surface area contributed by atoms with Gasteiger partial charge in [-0.2, -0.15) is 0 Å². The van der Waals surface area contributed by atoms with Crippen LogP contribution in [0.2, 0.25) is 0 Å². The van der Waals surface area contributed by atoms with E-state index in [2.05, 4.69) is 21.3 Å². The van der Waals surface area contributed by atoms with Crippen LogP contribution in [-0.4, -0.2) is 31.2 Å². The van der Waals surface area contributed by atoms with Gasteiger partial charge in [-0.1, -0.05) is 0 Å². The van der Waals surface area contributed by atoms with Crippen molar-refractivity contribution in [2.45, 2.75) is 0 Å². The molecule has 2 rings (SSSR count). The lowest BCUT2D eigenvalue weighted by atomic mass is 10.3. The number of rotatable bonds is 1. The van der Waals surface area contributed by atoms with Crippen LogP contribution in [0.1, 0.15) is 0 Å². The van der Waals surface area contributed by atoms with Gasteiger partial charge < -0.3 is 10.2 Å². The Morgan fingerprint density at radius 2 is 2.25 bits per heavy atom. The molecule has 0 bridgehead atoms. The number of hydrogen-bond acceptors (Lipinski definition) is 3. The monoisotopic (exact) mass is 162 g/mol. The highest BCUT2D eigenvalue weighted by Crippen LogP contribution is 2.08. The van der Waals surface area contributed by atoms with Gasteiger partial charge in [0, 0.05) is 32.4 Å². The minimum atomic E-state index is 1.04. The second-order valence-electron chi connectivity index (χ2n) is 2.85. The Bertz CT molecular complexity index is 229. The predicted octanol–water partition coefficient (Wildman–Crippen LogP) is 0.291. The molecule has 63 valence electrons. The largest absolute Gasteiger partial charge is 0.354 e. The number of anilines is 1. The molecule has 0 atom stereocenters. The third-order valence-electron chi connectivity index (χ3n) is 2.03. The zero-order valence-electron chi connectivity index (χ0n) is 6.95. The van der Waals surface area contributed by atoms with E-state index in [9.17, 15) is 0 Å². The fraction of sp³-hybridized carbons (Fsp3) is 0.444. The van der Waals surface area contributed by atoms with Crippen molar-refractivity contribution in [2.24, 2.45) is 0 Å². The molecule has 1 aliphatic rings. The Morgan fingerprint density at radius 3 is 2.92 bits per heavy atom. The molecule has 1 aliphatic heterocycles. The molecule has 0 aromatic carbocycles. The highest BCUT2D eigenvalue weighted by Gasteiger charge is 2.09. The van der Waals surface area contributed by atoms with E-state index in [0.717, 1.165) is 32.0 Å². The van der Waals surface area contributed by atoms with Crippen LogP contribution in [0, 0.1) is 6.07 Å². The van der Waals surface area contributed by atoms with Gasteiger partial charge in [0.1, 0.15) is 5.82 Å². The molecule has 12 heavy (non-hydrogen) atoms. The molecule has 1 saturated heterocycles. The average molecular weight is 162 g/mol. The molecular formula is C9H12N3. The molecule has 3 heteroatoms. The summed E-state index contributed by atoms with van der Waals surface area (Å²) in [6.45, 7) is 4.20. The minimum absolute atomic E-state index is 1.04. The van der Waals surface area contributed by atoms with E-state index in [-0.39, 0.29) is 0 Å². The first kappa shape index (κ1) is 7.55. The second-order valence-corrected chi connectivity index (χ2v) is 2.85. The number of nitrogens with one attached hydrogen (secondary N) is 1. The molecule has 0 unspecified atom stereocenters. The molecular weight excluding hydrogens is 150 g/mol. The predicted molar refractivity (Wildman–Crippen MR) is 48.2 cm³/mol. The van der Waals surface area contributed by atoms with Crippen LogP contribution >= 0.6 is 0 Å². The van der Waals surface area contributed by atoms with E-state index in [4.69, 9.17) is 0 Å². The molecule has 3 nitrogen and oxygen atoms in total. The van der Waals surface area contributed by atoms with Crippen molar-refractivity contribution in [1.82, 2.24) is 10.3 Å². The maximum Gasteiger partial charge on any atom is 0.129 e. The van der Waals surface area contributed by atoms with Crippen LogP contribution in [-0.2, 0) is 0 Å². The highest BCUT2D eigenvalue weighted by atomic mass is 15.2. The van der Waals surface area contributed by atoms with Crippen LogP contribution < -0.4 is 10.2 Å². The van der Waals surface area contributed by atoms with Gasteiger partial charge in [-0.05, 0) is 18.2 Å². The Labute approximate surface area is 72.4 Å². The number of piperazine rings is 1. The lowest BCUT2D eigenvalue weighted by Gasteiger charge is -2.28. The van der Waals surface area contributed by atoms with E-state index >= 15 is 0 Å². The average Bonchev–Trinajstić information content (AvgIpc) is 2.21. The SMILES string of the molecule is [c]1ccnc(N2CCNCC2)c1. The van der Waals surface area contributed by atoms with Gasteiger partial charge in [0.25, 0.3) is 0 Å². The summed E-state index contributed by atoms with van der Waals surface area (Å²) in [6, 6.07) is 6.79. The number of aromatic nitrogens is 1. The van der Waals surface area contributed by atoms with Gasteiger partial charge in [0.15, 0.2) is 0 Å². The molecule has 0 amide bonds. The minimum Gasteiger partial charge on any atom is -0.354 e. The van der Waals surface area contributed by atoms with E-state index in [1.807, 2.05) is 12.1 Å². The van der Waals surface area contributed by atoms with Crippen molar-refractivity contribution in [3.63, 3.8) is 0 Å². The van der Waals surface area contributed by atoms with Crippen LogP contribution in [0.3, 0.4) is 0 Å². The van der Waals surface area contributed by atoms with Gasteiger partial charge in [0.05, 0.1) is 0 Å². The Morgan fingerprint density at radius 1 is 1.42 bits per heavy atom. The number of pyridine rings is 1. The zero-order chi connectivity index (χ0) is 8.23. The number of hydrogen-bond donors (Lipinski definition) is 1. The van der Waals surface area contributed by atoms with Gasteiger partial charge in [-0.15, -0.1) is 0 Å². The summed E-state index contributed by atoms with van der Waals surface area (Å²) in [6.07, 6.45) is 1.79. The summed E-state index contributed by atoms with van der Waals surface area (Å²) in [7, 11) is 0. The van der Waals surface area contributed by atoms with Gasteiger partial charge >= 0.3 is 0 Å². The van der Waals surface area contributed by atoms with Crippen molar-refractivity contribution in [2.75, 3.05) is 31.1 Å². The smallest absolute Gasteiger partial charge is 0.129 e. The third kappa shape index (κ3) is 1.56. The van der Waals surface area contributed by atoms with E-state index in [0.29, 0.717) is 0 Å². The quantitative estimate of drug-likeness (QED) is 0.643. The molecule has 2 heterocycles. The third-order valence-corrected chi connectivity index (χ3v) is 2.03. The summed E-state index contributed by atoms with van der Waals surface area (Å²) in [5.74, 6) is 1.04.